The molecule has 2 bridgehead atoms. The first kappa shape index (κ1) is 25.7. The van der Waals surface area contributed by atoms with Gasteiger partial charge in [-0.25, -0.2) is 14.6 Å². The molecule has 3 aliphatic heterocycles. The SMILES string of the molecule is CN(CCN)Cc1cccc(-c2nc(NCC3CN4CCCCCCC3CC4)c3cnn(C4CC4)c3n2)c1. The number of likely N-dealkylation sites (N-methyl/N-ethyl adjacent to an activating group) is 1. The monoisotopic (exact) mass is 516 g/mol. The smallest absolute Gasteiger partial charge is 0.164 e. The van der Waals surface area contributed by atoms with Gasteiger partial charge in [-0.2, -0.15) is 5.10 Å². The molecular formula is C30H44N8. The van der Waals surface area contributed by atoms with E-state index in [9.17, 15) is 0 Å². The van der Waals surface area contributed by atoms with Crippen LogP contribution in [0.1, 0.15) is 63.0 Å². The van der Waals surface area contributed by atoms with E-state index in [1.54, 1.807) is 0 Å². The summed E-state index contributed by atoms with van der Waals surface area (Å²) in [5.74, 6) is 3.19. The van der Waals surface area contributed by atoms with E-state index in [4.69, 9.17) is 20.8 Å². The van der Waals surface area contributed by atoms with Gasteiger partial charge >= 0.3 is 0 Å². The van der Waals surface area contributed by atoms with Crippen molar-refractivity contribution < 1.29 is 0 Å². The molecule has 1 saturated carbocycles. The second kappa shape index (κ2) is 11.7. The second-order valence-electron chi connectivity index (χ2n) is 11.9. The first-order chi connectivity index (χ1) is 18.7. The highest BCUT2D eigenvalue weighted by Gasteiger charge is 2.31. The number of aromatic nitrogens is 4. The summed E-state index contributed by atoms with van der Waals surface area (Å²) in [5, 5.41) is 9.63. The summed E-state index contributed by atoms with van der Waals surface area (Å²) >= 11 is 0. The van der Waals surface area contributed by atoms with Crippen molar-refractivity contribution in [3.63, 3.8) is 0 Å². The number of nitrogens with one attached hydrogen (secondary N) is 1. The minimum atomic E-state index is 0.473. The van der Waals surface area contributed by atoms with Crippen LogP contribution in [0.25, 0.3) is 22.4 Å². The summed E-state index contributed by atoms with van der Waals surface area (Å²) in [4.78, 5) is 15.1. The van der Waals surface area contributed by atoms with E-state index < -0.39 is 0 Å². The minimum absolute atomic E-state index is 0.473. The summed E-state index contributed by atoms with van der Waals surface area (Å²) in [5.41, 5.74) is 9.03. The van der Waals surface area contributed by atoms with E-state index in [1.165, 1.54) is 76.6 Å². The molecule has 3 aromatic rings. The number of fused-ring (bicyclic) bond motifs is 8. The van der Waals surface area contributed by atoms with Gasteiger partial charge in [-0.15, -0.1) is 0 Å². The molecule has 4 aliphatic rings. The predicted molar refractivity (Wildman–Crippen MR) is 154 cm³/mol. The fourth-order valence-corrected chi connectivity index (χ4v) is 6.49. The number of hydrogen-bond donors (Lipinski definition) is 2. The maximum Gasteiger partial charge on any atom is 0.164 e. The van der Waals surface area contributed by atoms with E-state index in [0.29, 0.717) is 18.5 Å². The highest BCUT2D eigenvalue weighted by Crippen LogP contribution is 2.38. The Bertz CT molecular complexity index is 1210. The molecule has 7 rings (SSSR count). The van der Waals surface area contributed by atoms with Gasteiger partial charge in [-0.05, 0) is 69.3 Å². The van der Waals surface area contributed by atoms with Crippen LogP contribution in [0, 0.1) is 11.8 Å². The average molecular weight is 517 g/mol. The molecule has 0 amide bonds. The fraction of sp³-hybridized carbons (Fsp3) is 0.633. The molecule has 3 N–H and O–H groups in total. The van der Waals surface area contributed by atoms with E-state index >= 15 is 0 Å². The van der Waals surface area contributed by atoms with Crippen LogP contribution in [0.4, 0.5) is 5.82 Å². The second-order valence-corrected chi connectivity index (χ2v) is 11.9. The summed E-state index contributed by atoms with van der Waals surface area (Å²) in [6, 6.07) is 9.12. The molecule has 8 heteroatoms. The Morgan fingerprint density at radius 3 is 2.82 bits per heavy atom. The van der Waals surface area contributed by atoms with Crippen molar-refractivity contribution in [2.45, 2.75) is 64.0 Å². The van der Waals surface area contributed by atoms with Gasteiger partial charge in [0.1, 0.15) is 5.82 Å². The third-order valence-electron chi connectivity index (χ3n) is 8.80. The highest BCUT2D eigenvalue weighted by molar-refractivity contribution is 5.88. The molecule has 3 saturated heterocycles. The first-order valence-electron chi connectivity index (χ1n) is 14.9. The van der Waals surface area contributed by atoms with Gasteiger partial charge in [0.2, 0.25) is 0 Å². The van der Waals surface area contributed by atoms with Crippen LogP contribution in [0.15, 0.2) is 30.5 Å². The van der Waals surface area contributed by atoms with Gasteiger partial charge in [0.25, 0.3) is 0 Å². The molecule has 1 aromatic carbocycles. The van der Waals surface area contributed by atoms with Crippen LogP contribution in [0.5, 0.6) is 0 Å². The summed E-state index contributed by atoms with van der Waals surface area (Å²) in [6.07, 6.45) is 12.6. The van der Waals surface area contributed by atoms with Crippen LogP contribution >= 0.6 is 0 Å². The van der Waals surface area contributed by atoms with Gasteiger partial charge in [-0.3, -0.25) is 0 Å². The molecule has 2 aromatic heterocycles. The Kier molecular flexibility index (Phi) is 7.90. The lowest BCUT2D eigenvalue weighted by atomic mass is 9.81. The van der Waals surface area contributed by atoms with Crippen molar-refractivity contribution >= 4 is 16.9 Å². The van der Waals surface area contributed by atoms with Crippen molar-refractivity contribution in [2.75, 3.05) is 51.6 Å². The molecule has 1 aliphatic carbocycles. The zero-order chi connectivity index (χ0) is 25.9. The molecule has 0 radical (unpaired) electrons. The number of rotatable bonds is 9. The van der Waals surface area contributed by atoms with Crippen molar-refractivity contribution in [2.24, 2.45) is 17.6 Å². The fourth-order valence-electron chi connectivity index (χ4n) is 6.49. The molecular weight excluding hydrogens is 472 g/mol. The molecule has 3 unspecified atom stereocenters. The normalized spacial score (nSPS) is 24.2. The van der Waals surface area contributed by atoms with Gasteiger partial charge < -0.3 is 20.9 Å². The van der Waals surface area contributed by atoms with Crippen molar-refractivity contribution in [3.8, 4) is 11.4 Å². The zero-order valence-electron chi connectivity index (χ0n) is 23.0. The van der Waals surface area contributed by atoms with Crippen LogP contribution in [-0.4, -0.2) is 75.9 Å². The lowest BCUT2D eigenvalue weighted by Crippen LogP contribution is -2.44. The van der Waals surface area contributed by atoms with E-state index in [0.717, 1.165) is 53.8 Å². The molecule has 38 heavy (non-hydrogen) atoms. The summed E-state index contributed by atoms with van der Waals surface area (Å²) in [7, 11) is 2.11. The summed E-state index contributed by atoms with van der Waals surface area (Å²) in [6.45, 7) is 7.10. The molecule has 0 spiro atoms. The maximum atomic E-state index is 5.76. The van der Waals surface area contributed by atoms with Crippen molar-refractivity contribution in [3.05, 3.63) is 36.0 Å². The number of benzene rings is 1. The van der Waals surface area contributed by atoms with Crippen molar-refractivity contribution in [1.82, 2.24) is 29.5 Å². The first-order valence-corrected chi connectivity index (χ1v) is 14.9. The standard InChI is InChI=1S/C30H44N8/c1-36(16-13-31)20-22-7-6-9-24(17-22)28-34-29(27-19-33-38(26-10-11-26)30(27)35-28)32-18-25-21-37-14-5-3-2-4-8-23(25)12-15-37/h6-7,9,17,19,23,25-26H,2-5,8,10-16,18,20-21,31H2,1H3,(H,32,34,35). The highest BCUT2D eigenvalue weighted by atomic mass is 15.3. The Balaban J connectivity index is 1.28. The average Bonchev–Trinajstić information content (AvgIpc) is 3.69. The lowest BCUT2D eigenvalue weighted by Gasteiger charge is -2.40. The van der Waals surface area contributed by atoms with Gasteiger partial charge in [0.05, 0.1) is 17.6 Å². The molecule has 4 fully saturated rings. The quantitative estimate of drug-likeness (QED) is 0.432. The van der Waals surface area contributed by atoms with E-state index in [1.807, 2.05) is 6.20 Å². The Labute approximate surface area is 227 Å². The zero-order valence-corrected chi connectivity index (χ0v) is 23.0. The number of nitrogens with zero attached hydrogens (tertiary/aromatic N) is 6. The Hall–Kier alpha value is -2.55. The van der Waals surface area contributed by atoms with Gasteiger partial charge in [0.15, 0.2) is 11.5 Å². The van der Waals surface area contributed by atoms with Crippen LogP contribution in [0.3, 0.4) is 0 Å². The molecule has 8 nitrogen and oxygen atoms in total. The maximum absolute atomic E-state index is 5.76. The number of piperidine rings is 1. The predicted octanol–water partition coefficient (Wildman–Crippen LogP) is 4.53. The number of nitrogens with two attached hydrogens (primary N) is 1. The van der Waals surface area contributed by atoms with Crippen LogP contribution < -0.4 is 11.1 Å². The minimum Gasteiger partial charge on any atom is -0.369 e. The number of anilines is 1. The third-order valence-corrected chi connectivity index (χ3v) is 8.80. The van der Waals surface area contributed by atoms with Crippen LogP contribution in [0.2, 0.25) is 0 Å². The third kappa shape index (κ3) is 5.87. The largest absolute Gasteiger partial charge is 0.369 e. The lowest BCUT2D eigenvalue weighted by molar-refractivity contribution is 0.111. The Morgan fingerprint density at radius 2 is 1.95 bits per heavy atom. The Morgan fingerprint density at radius 1 is 1.05 bits per heavy atom. The van der Waals surface area contributed by atoms with E-state index in [2.05, 4.69) is 51.1 Å². The van der Waals surface area contributed by atoms with Gasteiger partial charge in [-0.1, -0.05) is 43.9 Å². The molecule has 5 heterocycles. The topological polar surface area (TPSA) is 88.1 Å². The van der Waals surface area contributed by atoms with Gasteiger partial charge in [0, 0.05) is 38.3 Å². The van der Waals surface area contributed by atoms with E-state index in [-0.39, 0.29) is 0 Å². The number of hydrogen-bond acceptors (Lipinski definition) is 7. The summed E-state index contributed by atoms with van der Waals surface area (Å²) < 4.78 is 2.13. The molecule has 204 valence electrons. The van der Waals surface area contributed by atoms with Crippen LogP contribution in [-0.2, 0) is 6.54 Å². The molecule has 3 atom stereocenters. The van der Waals surface area contributed by atoms with Crippen molar-refractivity contribution in [1.29, 1.82) is 0 Å².